The van der Waals surface area contributed by atoms with E-state index in [1.165, 1.54) is 12.8 Å². The first-order chi connectivity index (χ1) is 8.58. The molecular weight excluding hydrogens is 228 g/mol. The van der Waals surface area contributed by atoms with Crippen LogP contribution in [0.5, 0.6) is 0 Å². The molecule has 0 amide bonds. The monoisotopic (exact) mass is 256 g/mol. The molecule has 3 unspecified atom stereocenters. The highest BCUT2D eigenvalue weighted by atomic mass is 16.5. The van der Waals surface area contributed by atoms with Gasteiger partial charge in [-0.15, -0.1) is 0 Å². The molecule has 106 valence electrons. The molecule has 18 heavy (non-hydrogen) atoms. The highest BCUT2D eigenvalue weighted by Gasteiger charge is 2.28. The number of carbonyl (C=O) groups is 1. The smallest absolute Gasteiger partial charge is 0.324 e. The summed E-state index contributed by atoms with van der Waals surface area (Å²) in [6.45, 7) is 11.5. The molecular formula is C14H28N2O2. The van der Waals surface area contributed by atoms with Gasteiger partial charge in [0.1, 0.15) is 6.04 Å². The Balaban J connectivity index is 2.55. The summed E-state index contributed by atoms with van der Waals surface area (Å²) in [5.41, 5.74) is 0. The molecule has 1 saturated heterocycles. The second kappa shape index (κ2) is 7.74. The van der Waals surface area contributed by atoms with Crippen molar-refractivity contribution in [2.24, 2.45) is 5.92 Å². The van der Waals surface area contributed by atoms with E-state index in [2.05, 4.69) is 24.1 Å². The molecule has 1 rings (SSSR count). The molecule has 3 atom stereocenters. The van der Waals surface area contributed by atoms with Crippen LogP contribution in [0.2, 0.25) is 0 Å². The zero-order valence-corrected chi connectivity index (χ0v) is 12.2. The van der Waals surface area contributed by atoms with Crippen LogP contribution in [0.25, 0.3) is 0 Å². The summed E-state index contributed by atoms with van der Waals surface area (Å²) in [5.74, 6) is 0.607. The summed E-state index contributed by atoms with van der Waals surface area (Å²) < 4.78 is 5.13. The Labute approximate surface area is 111 Å². The lowest BCUT2D eigenvalue weighted by atomic mass is 9.94. The maximum Gasteiger partial charge on any atom is 0.324 e. The van der Waals surface area contributed by atoms with Crippen molar-refractivity contribution in [2.45, 2.75) is 52.6 Å². The summed E-state index contributed by atoms with van der Waals surface area (Å²) in [4.78, 5) is 14.3. The van der Waals surface area contributed by atoms with Gasteiger partial charge in [0, 0.05) is 19.1 Å². The number of ether oxygens (including phenoxy) is 1. The largest absolute Gasteiger partial charge is 0.465 e. The van der Waals surface area contributed by atoms with E-state index in [4.69, 9.17) is 4.74 Å². The van der Waals surface area contributed by atoms with Crippen molar-refractivity contribution >= 4 is 5.97 Å². The highest BCUT2D eigenvalue weighted by Crippen LogP contribution is 2.21. The van der Waals surface area contributed by atoms with Gasteiger partial charge in [-0.1, -0.05) is 13.8 Å². The Morgan fingerprint density at radius 2 is 2.11 bits per heavy atom. The van der Waals surface area contributed by atoms with Crippen molar-refractivity contribution in [3.63, 3.8) is 0 Å². The highest BCUT2D eigenvalue weighted by molar-refractivity contribution is 5.76. The molecule has 0 aromatic heterocycles. The molecule has 4 nitrogen and oxygen atoms in total. The Bertz CT molecular complexity index is 258. The third-order valence-electron chi connectivity index (χ3n) is 3.69. The van der Waals surface area contributed by atoms with E-state index in [1.807, 2.05) is 13.8 Å². The molecule has 0 aromatic rings. The third-order valence-corrected chi connectivity index (χ3v) is 3.69. The Kier molecular flexibility index (Phi) is 6.65. The van der Waals surface area contributed by atoms with Gasteiger partial charge in [-0.3, -0.25) is 9.69 Å². The topological polar surface area (TPSA) is 41.6 Å². The quantitative estimate of drug-likeness (QED) is 0.734. The fraction of sp³-hybridized carbons (Fsp3) is 0.929. The van der Waals surface area contributed by atoms with E-state index in [1.54, 1.807) is 0 Å². The first-order valence-corrected chi connectivity index (χ1v) is 7.22. The van der Waals surface area contributed by atoms with Crippen LogP contribution >= 0.6 is 0 Å². The van der Waals surface area contributed by atoms with Gasteiger partial charge in [-0.2, -0.15) is 0 Å². The minimum Gasteiger partial charge on any atom is -0.465 e. The van der Waals surface area contributed by atoms with Gasteiger partial charge >= 0.3 is 5.97 Å². The van der Waals surface area contributed by atoms with E-state index >= 15 is 0 Å². The predicted molar refractivity (Wildman–Crippen MR) is 73.5 cm³/mol. The van der Waals surface area contributed by atoms with E-state index in [9.17, 15) is 4.79 Å². The lowest BCUT2D eigenvalue weighted by molar-refractivity contribution is -0.146. The number of likely N-dealkylation sites (N-methyl/N-ethyl adjacent to an activating group) is 1. The number of carbonyl (C=O) groups excluding carboxylic acids is 1. The summed E-state index contributed by atoms with van der Waals surface area (Å²) in [6, 6.07) is 0.375. The molecule has 0 saturated carbocycles. The number of esters is 1. The molecule has 1 heterocycles. The lowest BCUT2D eigenvalue weighted by Gasteiger charge is -2.38. The number of nitrogens with one attached hydrogen (secondary N) is 1. The van der Waals surface area contributed by atoms with Gasteiger partial charge in [-0.05, 0) is 39.2 Å². The number of hydrogen-bond acceptors (Lipinski definition) is 4. The van der Waals surface area contributed by atoms with E-state index in [0.29, 0.717) is 12.6 Å². The average Bonchev–Trinajstić information content (AvgIpc) is 2.33. The van der Waals surface area contributed by atoms with Crippen LogP contribution in [0.1, 0.15) is 40.5 Å². The molecule has 1 aliphatic rings. The Morgan fingerprint density at radius 3 is 2.72 bits per heavy atom. The van der Waals surface area contributed by atoms with Gasteiger partial charge in [0.05, 0.1) is 6.61 Å². The van der Waals surface area contributed by atoms with Gasteiger partial charge in [0.2, 0.25) is 0 Å². The molecule has 1 fully saturated rings. The number of nitrogens with zero attached hydrogens (tertiary/aromatic N) is 1. The molecule has 1 aliphatic heterocycles. The number of likely N-dealkylation sites (tertiary alicyclic amines) is 1. The van der Waals surface area contributed by atoms with Crippen LogP contribution in [0, 0.1) is 5.92 Å². The zero-order chi connectivity index (χ0) is 13.5. The summed E-state index contributed by atoms with van der Waals surface area (Å²) in [5, 5.41) is 3.23. The van der Waals surface area contributed by atoms with Crippen molar-refractivity contribution in [3.8, 4) is 0 Å². The lowest BCUT2D eigenvalue weighted by Crippen LogP contribution is -2.51. The molecule has 0 aliphatic carbocycles. The van der Waals surface area contributed by atoms with E-state index < -0.39 is 0 Å². The second-order valence-electron chi connectivity index (χ2n) is 5.35. The van der Waals surface area contributed by atoms with Gasteiger partial charge in [0.25, 0.3) is 0 Å². The summed E-state index contributed by atoms with van der Waals surface area (Å²) in [6.07, 6.45) is 2.52. The molecule has 4 heteroatoms. The summed E-state index contributed by atoms with van der Waals surface area (Å²) >= 11 is 0. The Hall–Kier alpha value is -0.610. The van der Waals surface area contributed by atoms with E-state index in [-0.39, 0.29) is 12.0 Å². The molecule has 0 radical (unpaired) electrons. The fourth-order valence-electron chi connectivity index (χ4n) is 2.58. The van der Waals surface area contributed by atoms with Crippen molar-refractivity contribution in [1.29, 1.82) is 0 Å². The van der Waals surface area contributed by atoms with Gasteiger partial charge < -0.3 is 10.1 Å². The third kappa shape index (κ3) is 4.58. The van der Waals surface area contributed by atoms with Gasteiger partial charge in [-0.25, -0.2) is 0 Å². The van der Waals surface area contributed by atoms with Crippen LogP contribution in [0.4, 0.5) is 0 Å². The van der Waals surface area contributed by atoms with Crippen LogP contribution in [-0.2, 0) is 9.53 Å². The summed E-state index contributed by atoms with van der Waals surface area (Å²) in [7, 11) is 0. The normalized spacial score (nSPS) is 26.9. The maximum absolute atomic E-state index is 11.9. The average molecular weight is 256 g/mol. The first-order valence-electron chi connectivity index (χ1n) is 7.22. The predicted octanol–water partition coefficient (Wildman–Crippen LogP) is 1.65. The number of piperidine rings is 1. The maximum atomic E-state index is 11.9. The fourth-order valence-corrected chi connectivity index (χ4v) is 2.58. The van der Waals surface area contributed by atoms with Crippen molar-refractivity contribution < 1.29 is 9.53 Å². The first kappa shape index (κ1) is 15.4. The second-order valence-corrected chi connectivity index (χ2v) is 5.35. The molecule has 0 aromatic carbocycles. The van der Waals surface area contributed by atoms with Crippen molar-refractivity contribution in [1.82, 2.24) is 10.2 Å². The molecule has 0 bridgehead atoms. The molecule has 1 N–H and O–H groups in total. The Morgan fingerprint density at radius 1 is 1.39 bits per heavy atom. The minimum atomic E-state index is -0.192. The van der Waals surface area contributed by atoms with Crippen LogP contribution in [-0.4, -0.2) is 49.2 Å². The zero-order valence-electron chi connectivity index (χ0n) is 12.2. The minimum absolute atomic E-state index is 0.121. The van der Waals surface area contributed by atoms with Gasteiger partial charge in [0.15, 0.2) is 0 Å². The van der Waals surface area contributed by atoms with Crippen LogP contribution in [0.3, 0.4) is 0 Å². The van der Waals surface area contributed by atoms with E-state index in [0.717, 1.165) is 25.6 Å². The molecule has 0 spiro atoms. The van der Waals surface area contributed by atoms with Crippen LogP contribution < -0.4 is 5.32 Å². The van der Waals surface area contributed by atoms with Crippen molar-refractivity contribution in [3.05, 3.63) is 0 Å². The van der Waals surface area contributed by atoms with Crippen LogP contribution in [0.15, 0.2) is 0 Å². The SMILES string of the molecule is CCNC(CN1CC(C)CCC1C)C(=O)OCC. The number of rotatable bonds is 6. The van der Waals surface area contributed by atoms with Crippen molar-refractivity contribution in [2.75, 3.05) is 26.2 Å². The number of hydrogen-bond donors (Lipinski definition) is 1. The standard InChI is InChI=1S/C14H28N2O2/c1-5-15-13(14(17)18-6-2)10-16-9-11(3)7-8-12(16)4/h11-13,15H,5-10H2,1-4H3.